The average Bonchev–Trinajstić information content (AvgIpc) is 2.69. The molecule has 0 aliphatic carbocycles. The van der Waals surface area contributed by atoms with E-state index in [0.29, 0.717) is 0 Å². The second-order valence-corrected chi connectivity index (χ2v) is 5.62. The Balaban J connectivity index is 0. The third-order valence-electron chi connectivity index (χ3n) is 3.25. The summed E-state index contributed by atoms with van der Waals surface area (Å²) < 4.78 is 0. The highest BCUT2D eigenvalue weighted by molar-refractivity contribution is 4.76. The fourth-order valence-electron chi connectivity index (χ4n) is 1.31. The molecule has 0 saturated carbocycles. The van der Waals surface area contributed by atoms with Gasteiger partial charge in [-0.2, -0.15) is 0 Å². The Kier molecular flexibility index (Phi) is 14.0. The first-order valence-electron chi connectivity index (χ1n) is 7.44. The van der Waals surface area contributed by atoms with E-state index in [2.05, 4.69) is 19.4 Å². The summed E-state index contributed by atoms with van der Waals surface area (Å²) in [5.74, 6) is 0. The number of rotatable bonds is 16. The van der Waals surface area contributed by atoms with Crippen LogP contribution in [0.25, 0.3) is 0 Å². The predicted octanol–water partition coefficient (Wildman–Crippen LogP) is -3.25. The van der Waals surface area contributed by atoms with Crippen LogP contribution in [0.5, 0.6) is 0 Å². The summed E-state index contributed by atoms with van der Waals surface area (Å²) in [4.78, 5) is 55.1. The zero-order chi connectivity index (χ0) is 23.8. The lowest BCUT2D eigenvalue weighted by atomic mass is 9.93. The minimum atomic E-state index is -1.57. The molecule has 0 aliphatic rings. The van der Waals surface area contributed by atoms with E-state index in [1.54, 1.807) is 0 Å². The maximum Gasteiger partial charge on any atom is 0.294 e. The molecule has 0 fully saturated rings. The fraction of sp³-hybridized carbons (Fsp3) is 1.00. The number of nitrogens with zero attached hydrogens (tertiary/aromatic N) is 4. The molecule has 0 heterocycles. The minimum Gasteiger partial charge on any atom is -0.396 e. The number of aliphatic hydroxyl groups excluding tert-OH is 4. The molecule has 0 radical (unpaired) electrons. The SMILES string of the molecule is O=[N+]([O-])OCC(CO)(CO)CO[N+](=O)[O-].O=[N+]([O-])OCC(CO)(CO)CO[N+](=O)[O-]. The molecule has 20 nitrogen and oxygen atoms in total. The molecule has 30 heavy (non-hydrogen) atoms. The third kappa shape index (κ3) is 12.9. The van der Waals surface area contributed by atoms with Crippen molar-refractivity contribution >= 4 is 0 Å². The van der Waals surface area contributed by atoms with Crippen LogP contribution >= 0.6 is 0 Å². The first kappa shape index (κ1) is 28.8. The zero-order valence-electron chi connectivity index (χ0n) is 15.1. The molecule has 0 unspecified atom stereocenters. The van der Waals surface area contributed by atoms with Gasteiger partial charge in [-0.1, -0.05) is 0 Å². The molecule has 0 amide bonds. The van der Waals surface area contributed by atoms with E-state index in [1.807, 2.05) is 0 Å². The van der Waals surface area contributed by atoms with Crippen LogP contribution in [-0.2, 0) is 19.4 Å². The Morgan fingerprint density at radius 3 is 0.767 bits per heavy atom. The highest BCUT2D eigenvalue weighted by atomic mass is 17.0. The highest BCUT2D eigenvalue weighted by Crippen LogP contribution is 2.17. The van der Waals surface area contributed by atoms with Gasteiger partial charge >= 0.3 is 0 Å². The van der Waals surface area contributed by atoms with E-state index < -0.39 is 84.0 Å². The molecule has 20 heteroatoms. The molecule has 176 valence electrons. The van der Waals surface area contributed by atoms with E-state index in [-0.39, 0.29) is 0 Å². The zero-order valence-corrected chi connectivity index (χ0v) is 15.1. The predicted molar refractivity (Wildman–Crippen MR) is 85.0 cm³/mol. The van der Waals surface area contributed by atoms with Crippen LogP contribution in [0.3, 0.4) is 0 Å². The number of hydrogen-bond acceptors (Lipinski definition) is 16. The normalized spacial score (nSPS) is 10.8. The summed E-state index contributed by atoms with van der Waals surface area (Å²) in [5.41, 5.74) is -3.14. The summed E-state index contributed by atoms with van der Waals surface area (Å²) in [6.07, 6.45) is 0. The monoisotopic (exact) mass is 452 g/mol. The van der Waals surface area contributed by atoms with Crippen LogP contribution < -0.4 is 0 Å². The number of hydrogen-bond donors (Lipinski definition) is 4. The van der Waals surface area contributed by atoms with Crippen molar-refractivity contribution in [3.63, 3.8) is 0 Å². The topological polar surface area (TPSA) is 290 Å². The van der Waals surface area contributed by atoms with Gasteiger partial charge in [-0.05, 0) is 0 Å². The van der Waals surface area contributed by atoms with Gasteiger partial charge in [0, 0.05) is 0 Å². The summed E-state index contributed by atoms with van der Waals surface area (Å²) >= 11 is 0. The van der Waals surface area contributed by atoms with Gasteiger partial charge < -0.3 is 39.8 Å². The second-order valence-electron chi connectivity index (χ2n) is 5.62. The lowest BCUT2D eigenvalue weighted by Gasteiger charge is -2.26. The number of aliphatic hydroxyl groups is 4. The van der Waals surface area contributed by atoms with Crippen molar-refractivity contribution < 1.29 is 60.1 Å². The van der Waals surface area contributed by atoms with Crippen LogP contribution in [0.4, 0.5) is 0 Å². The second kappa shape index (κ2) is 14.6. The van der Waals surface area contributed by atoms with E-state index in [1.165, 1.54) is 0 Å². The molecular weight excluding hydrogens is 432 g/mol. The summed E-state index contributed by atoms with van der Waals surface area (Å²) in [6.45, 7) is -5.75. The molecule has 0 spiro atoms. The molecule has 4 N–H and O–H groups in total. The molecule has 0 aliphatic heterocycles. The first-order chi connectivity index (χ1) is 13.9. The van der Waals surface area contributed by atoms with E-state index in [4.69, 9.17) is 20.4 Å². The van der Waals surface area contributed by atoms with E-state index in [9.17, 15) is 40.5 Å². The Labute approximate surface area is 165 Å². The minimum absolute atomic E-state index is 0.694. The van der Waals surface area contributed by atoms with Gasteiger partial charge in [-0.3, -0.25) is 0 Å². The Bertz CT molecular complexity index is 462. The van der Waals surface area contributed by atoms with Gasteiger partial charge in [0.2, 0.25) is 0 Å². The van der Waals surface area contributed by atoms with Gasteiger partial charge in [-0.25, -0.2) is 0 Å². The smallest absolute Gasteiger partial charge is 0.294 e. The van der Waals surface area contributed by atoms with Gasteiger partial charge in [0.05, 0.1) is 37.3 Å². The van der Waals surface area contributed by atoms with Crippen LogP contribution in [0.15, 0.2) is 0 Å². The van der Waals surface area contributed by atoms with Gasteiger partial charge in [-0.15, -0.1) is 40.5 Å². The standard InChI is InChI=1S/2C5H10N2O8/c2*8-1-5(2-9,3-14-6(10)11)4-15-7(12)13/h2*8-9H,1-4H2. The van der Waals surface area contributed by atoms with E-state index >= 15 is 0 Å². The molecule has 0 aromatic heterocycles. The van der Waals surface area contributed by atoms with Crippen molar-refractivity contribution in [3.8, 4) is 0 Å². The molecule has 0 bridgehead atoms. The van der Waals surface area contributed by atoms with E-state index in [0.717, 1.165) is 0 Å². The molecule has 0 aromatic rings. The summed E-state index contributed by atoms with van der Waals surface area (Å²) in [6, 6.07) is 0. The Hall–Kier alpha value is -3.36. The van der Waals surface area contributed by atoms with Crippen LogP contribution in [0, 0.1) is 51.3 Å². The van der Waals surface area contributed by atoms with Crippen LogP contribution in [0.2, 0.25) is 0 Å². The van der Waals surface area contributed by atoms with Gasteiger partial charge in [0.1, 0.15) is 26.4 Å². The van der Waals surface area contributed by atoms with Crippen molar-refractivity contribution in [2.45, 2.75) is 0 Å². The summed E-state index contributed by atoms with van der Waals surface area (Å²) in [7, 11) is 0. The molecular formula is C10H20N4O16. The third-order valence-corrected chi connectivity index (χ3v) is 3.25. The maximum absolute atomic E-state index is 9.86. The van der Waals surface area contributed by atoms with Crippen molar-refractivity contribution in [3.05, 3.63) is 40.5 Å². The highest BCUT2D eigenvalue weighted by Gasteiger charge is 2.33. The van der Waals surface area contributed by atoms with Gasteiger partial charge in [0.25, 0.3) is 20.3 Å². The Morgan fingerprint density at radius 2 is 0.667 bits per heavy atom. The lowest BCUT2D eigenvalue weighted by Crippen LogP contribution is -2.41. The van der Waals surface area contributed by atoms with Crippen LogP contribution in [-0.4, -0.2) is 93.6 Å². The molecule has 0 saturated heterocycles. The molecule has 0 aromatic carbocycles. The van der Waals surface area contributed by atoms with Crippen molar-refractivity contribution in [1.82, 2.24) is 0 Å². The fourth-order valence-corrected chi connectivity index (χ4v) is 1.31. The maximum atomic E-state index is 9.86. The van der Waals surface area contributed by atoms with Crippen molar-refractivity contribution in [1.29, 1.82) is 0 Å². The summed E-state index contributed by atoms with van der Waals surface area (Å²) in [5, 5.41) is 70.3. The molecule has 0 atom stereocenters. The molecule has 0 rings (SSSR count). The van der Waals surface area contributed by atoms with Gasteiger partial charge in [0.15, 0.2) is 0 Å². The van der Waals surface area contributed by atoms with Crippen molar-refractivity contribution in [2.75, 3.05) is 52.9 Å². The largest absolute Gasteiger partial charge is 0.396 e. The van der Waals surface area contributed by atoms with Crippen LogP contribution in [0.1, 0.15) is 0 Å². The average molecular weight is 452 g/mol. The first-order valence-corrected chi connectivity index (χ1v) is 7.44. The van der Waals surface area contributed by atoms with Crippen molar-refractivity contribution in [2.24, 2.45) is 10.8 Å². The Morgan fingerprint density at radius 1 is 0.500 bits per heavy atom. The quantitative estimate of drug-likeness (QED) is 0.132. The lowest BCUT2D eigenvalue weighted by molar-refractivity contribution is -0.772.